The van der Waals surface area contributed by atoms with E-state index in [1.54, 1.807) is 17.7 Å². The molecule has 0 aromatic carbocycles. The minimum absolute atomic E-state index is 0.356. The third kappa shape index (κ3) is 3.29. The second-order valence-electron chi connectivity index (χ2n) is 4.25. The minimum atomic E-state index is 0.356. The van der Waals surface area contributed by atoms with Crippen molar-refractivity contribution in [2.24, 2.45) is 0 Å². The maximum atomic E-state index is 4.30. The van der Waals surface area contributed by atoms with E-state index in [2.05, 4.69) is 46.6 Å². The zero-order valence-electron chi connectivity index (χ0n) is 10.9. The Hall–Kier alpha value is -1.42. The Labute approximate surface area is 112 Å². The monoisotopic (exact) mass is 261 g/mol. The van der Waals surface area contributed by atoms with Crippen molar-refractivity contribution in [2.45, 2.75) is 39.2 Å². The molecule has 0 aliphatic carbocycles. The molecule has 4 heteroatoms. The molecule has 96 valence electrons. The largest absolute Gasteiger partial charge is 0.362 e. The summed E-state index contributed by atoms with van der Waals surface area (Å²) >= 11 is 1.79. The molecule has 0 radical (unpaired) electrons. The molecule has 0 aliphatic rings. The summed E-state index contributed by atoms with van der Waals surface area (Å²) in [7, 11) is 0. The first-order valence-electron chi connectivity index (χ1n) is 6.44. The van der Waals surface area contributed by atoms with Gasteiger partial charge in [0.1, 0.15) is 12.1 Å². The normalized spacial score (nSPS) is 12.3. The third-order valence-corrected chi connectivity index (χ3v) is 3.86. The van der Waals surface area contributed by atoms with Crippen LogP contribution in [0, 0.1) is 0 Å². The molecule has 1 atom stereocenters. The number of aryl methyl sites for hydroxylation is 1. The molecule has 3 nitrogen and oxygen atoms in total. The SMILES string of the molecule is CCCC(Nc1cc(CC)ncn1)c1cccs1. The molecule has 0 saturated carbocycles. The van der Waals surface area contributed by atoms with Gasteiger partial charge in [-0.1, -0.05) is 26.3 Å². The van der Waals surface area contributed by atoms with Crippen molar-refractivity contribution in [3.8, 4) is 0 Å². The lowest BCUT2D eigenvalue weighted by atomic mass is 10.1. The van der Waals surface area contributed by atoms with Crippen molar-refractivity contribution >= 4 is 17.2 Å². The van der Waals surface area contributed by atoms with Gasteiger partial charge in [-0.2, -0.15) is 0 Å². The summed E-state index contributed by atoms with van der Waals surface area (Å²) in [5.41, 5.74) is 1.08. The Morgan fingerprint density at radius 3 is 2.89 bits per heavy atom. The number of anilines is 1. The molecule has 2 rings (SSSR count). The molecule has 2 aromatic heterocycles. The summed E-state index contributed by atoms with van der Waals surface area (Å²) in [6.07, 6.45) is 4.85. The van der Waals surface area contributed by atoms with Gasteiger partial charge < -0.3 is 5.32 Å². The molecule has 0 saturated heterocycles. The van der Waals surface area contributed by atoms with Gasteiger partial charge in [0.15, 0.2) is 0 Å². The molecule has 0 bridgehead atoms. The Kier molecular flexibility index (Phi) is 4.70. The first-order chi connectivity index (χ1) is 8.83. The molecule has 0 spiro atoms. The van der Waals surface area contributed by atoms with Gasteiger partial charge in [0.25, 0.3) is 0 Å². The fourth-order valence-electron chi connectivity index (χ4n) is 1.91. The molecular formula is C14H19N3S. The molecule has 0 aliphatic heterocycles. The second-order valence-corrected chi connectivity index (χ2v) is 5.23. The number of thiophene rings is 1. The summed E-state index contributed by atoms with van der Waals surface area (Å²) in [6.45, 7) is 4.31. The Balaban J connectivity index is 2.13. The average Bonchev–Trinajstić information content (AvgIpc) is 2.92. The van der Waals surface area contributed by atoms with Crippen LogP contribution in [0.5, 0.6) is 0 Å². The van der Waals surface area contributed by atoms with E-state index in [0.29, 0.717) is 6.04 Å². The number of aromatic nitrogens is 2. The predicted molar refractivity (Wildman–Crippen MR) is 77.0 cm³/mol. The zero-order valence-corrected chi connectivity index (χ0v) is 11.7. The maximum Gasteiger partial charge on any atom is 0.130 e. The molecule has 0 fully saturated rings. The van der Waals surface area contributed by atoms with Crippen LogP contribution in [0.4, 0.5) is 5.82 Å². The summed E-state index contributed by atoms with van der Waals surface area (Å²) in [5, 5.41) is 5.64. The van der Waals surface area contributed by atoms with Crippen LogP contribution in [0.15, 0.2) is 29.9 Å². The highest BCUT2D eigenvalue weighted by atomic mass is 32.1. The van der Waals surface area contributed by atoms with E-state index >= 15 is 0 Å². The van der Waals surface area contributed by atoms with E-state index < -0.39 is 0 Å². The first-order valence-corrected chi connectivity index (χ1v) is 7.32. The van der Waals surface area contributed by atoms with Crippen molar-refractivity contribution in [1.29, 1.82) is 0 Å². The van der Waals surface area contributed by atoms with Crippen LogP contribution in [-0.2, 0) is 6.42 Å². The predicted octanol–water partition coefficient (Wildman–Crippen LogP) is 4.05. The van der Waals surface area contributed by atoms with Crippen molar-refractivity contribution in [2.75, 3.05) is 5.32 Å². The zero-order chi connectivity index (χ0) is 12.8. The van der Waals surface area contributed by atoms with E-state index in [1.165, 1.54) is 4.88 Å². The van der Waals surface area contributed by atoms with Crippen molar-refractivity contribution in [1.82, 2.24) is 9.97 Å². The van der Waals surface area contributed by atoms with Gasteiger partial charge in [0.05, 0.1) is 6.04 Å². The Morgan fingerprint density at radius 2 is 2.22 bits per heavy atom. The van der Waals surface area contributed by atoms with E-state index in [-0.39, 0.29) is 0 Å². The smallest absolute Gasteiger partial charge is 0.130 e. The quantitative estimate of drug-likeness (QED) is 0.852. The van der Waals surface area contributed by atoms with Gasteiger partial charge in [-0.3, -0.25) is 0 Å². The maximum absolute atomic E-state index is 4.30. The lowest BCUT2D eigenvalue weighted by Crippen LogP contribution is -2.10. The van der Waals surface area contributed by atoms with Crippen LogP contribution < -0.4 is 5.32 Å². The number of rotatable bonds is 6. The number of hydrogen-bond donors (Lipinski definition) is 1. The second kappa shape index (κ2) is 6.50. The van der Waals surface area contributed by atoms with Crippen molar-refractivity contribution in [3.63, 3.8) is 0 Å². The van der Waals surface area contributed by atoms with Gasteiger partial charge in [-0.15, -0.1) is 11.3 Å². The highest BCUT2D eigenvalue weighted by Crippen LogP contribution is 2.26. The van der Waals surface area contributed by atoms with Crippen molar-refractivity contribution in [3.05, 3.63) is 40.5 Å². The number of nitrogens with zero attached hydrogens (tertiary/aromatic N) is 2. The summed E-state index contributed by atoms with van der Waals surface area (Å²) in [4.78, 5) is 9.90. The number of hydrogen-bond acceptors (Lipinski definition) is 4. The van der Waals surface area contributed by atoms with Crippen LogP contribution in [0.25, 0.3) is 0 Å². The third-order valence-electron chi connectivity index (χ3n) is 2.87. The van der Waals surface area contributed by atoms with E-state index in [0.717, 1.165) is 30.8 Å². The van der Waals surface area contributed by atoms with Crippen LogP contribution in [0.2, 0.25) is 0 Å². The van der Waals surface area contributed by atoms with E-state index in [4.69, 9.17) is 0 Å². The molecule has 2 heterocycles. The summed E-state index contributed by atoms with van der Waals surface area (Å²) in [6, 6.07) is 6.67. The van der Waals surface area contributed by atoms with Gasteiger partial charge in [-0.25, -0.2) is 9.97 Å². The fourth-order valence-corrected chi connectivity index (χ4v) is 2.72. The Morgan fingerprint density at radius 1 is 1.33 bits per heavy atom. The van der Waals surface area contributed by atoms with Gasteiger partial charge in [0, 0.05) is 16.6 Å². The summed E-state index contributed by atoms with van der Waals surface area (Å²) in [5.74, 6) is 0.925. The molecule has 1 N–H and O–H groups in total. The molecule has 1 unspecified atom stereocenters. The van der Waals surface area contributed by atoms with Crippen LogP contribution in [0.3, 0.4) is 0 Å². The standard InChI is InChI=1S/C14H19N3S/c1-3-6-12(13-7-5-8-18-13)17-14-9-11(4-2)15-10-16-14/h5,7-10,12H,3-4,6H2,1-2H3,(H,15,16,17). The molecule has 18 heavy (non-hydrogen) atoms. The Bertz CT molecular complexity index is 468. The van der Waals surface area contributed by atoms with E-state index in [1.807, 2.05) is 6.07 Å². The van der Waals surface area contributed by atoms with Gasteiger partial charge in [0.2, 0.25) is 0 Å². The average molecular weight is 261 g/mol. The molecular weight excluding hydrogens is 242 g/mol. The van der Waals surface area contributed by atoms with Crippen molar-refractivity contribution < 1.29 is 0 Å². The lowest BCUT2D eigenvalue weighted by molar-refractivity contribution is 0.684. The highest BCUT2D eigenvalue weighted by Gasteiger charge is 2.12. The number of nitrogens with one attached hydrogen (secondary N) is 1. The first kappa shape index (κ1) is 13.0. The van der Waals surface area contributed by atoms with Crippen LogP contribution >= 0.6 is 11.3 Å². The fraction of sp³-hybridized carbons (Fsp3) is 0.429. The minimum Gasteiger partial charge on any atom is -0.362 e. The van der Waals surface area contributed by atoms with Gasteiger partial charge in [-0.05, 0) is 24.3 Å². The molecule has 0 amide bonds. The van der Waals surface area contributed by atoms with Crippen LogP contribution in [0.1, 0.15) is 43.3 Å². The molecule has 2 aromatic rings. The van der Waals surface area contributed by atoms with Gasteiger partial charge >= 0.3 is 0 Å². The van der Waals surface area contributed by atoms with Crippen LogP contribution in [-0.4, -0.2) is 9.97 Å². The summed E-state index contributed by atoms with van der Waals surface area (Å²) < 4.78 is 0. The highest BCUT2D eigenvalue weighted by molar-refractivity contribution is 7.10. The lowest BCUT2D eigenvalue weighted by Gasteiger charge is -2.17. The van der Waals surface area contributed by atoms with E-state index in [9.17, 15) is 0 Å². The topological polar surface area (TPSA) is 37.8 Å².